The fraction of sp³-hybridized carbons (Fsp3) is 0.176. The van der Waals surface area contributed by atoms with Crippen molar-refractivity contribution in [3.05, 3.63) is 130 Å². The van der Waals surface area contributed by atoms with Gasteiger partial charge in [0.2, 0.25) is 0 Å². The molecular weight excluding hydrogens is 532 g/mol. The molecule has 208 valence electrons. The van der Waals surface area contributed by atoms with Gasteiger partial charge in [-0.25, -0.2) is 9.59 Å². The van der Waals surface area contributed by atoms with Crippen molar-refractivity contribution in [2.75, 3.05) is 6.61 Å². The maximum Gasteiger partial charge on any atom is 0.410 e. The average molecular weight is 559 g/mol. The number of hydroxylamine groups is 2. The van der Waals surface area contributed by atoms with E-state index in [9.17, 15) is 19.2 Å². The van der Waals surface area contributed by atoms with Crippen LogP contribution in [0.1, 0.15) is 55.3 Å². The zero-order chi connectivity index (χ0) is 28.8. The van der Waals surface area contributed by atoms with Crippen LogP contribution in [0.15, 0.2) is 97.1 Å². The lowest BCUT2D eigenvalue weighted by atomic mass is 9.92. The Morgan fingerprint density at radius 2 is 1.21 bits per heavy atom. The predicted molar refractivity (Wildman–Crippen MR) is 152 cm³/mol. The molecule has 0 bridgehead atoms. The van der Waals surface area contributed by atoms with Crippen LogP contribution < -0.4 is 0 Å². The molecule has 0 unspecified atom stereocenters. The lowest BCUT2D eigenvalue weighted by Gasteiger charge is -2.36. The second-order valence-corrected chi connectivity index (χ2v) is 10.7. The third-order valence-corrected chi connectivity index (χ3v) is 8.28. The normalized spacial score (nSPS) is 16.9. The van der Waals surface area contributed by atoms with E-state index in [0.717, 1.165) is 33.4 Å². The van der Waals surface area contributed by atoms with Crippen molar-refractivity contribution >= 4 is 23.9 Å². The molecule has 1 atom stereocenters. The van der Waals surface area contributed by atoms with Crippen LogP contribution in [-0.2, 0) is 27.3 Å². The number of fused-ring (bicyclic) bond motifs is 5. The topological polar surface area (TPSA) is 93.2 Å². The molecule has 42 heavy (non-hydrogen) atoms. The molecule has 0 fully saturated rings. The fourth-order valence-electron chi connectivity index (χ4n) is 6.24. The molecule has 0 spiro atoms. The number of nitrogens with zero attached hydrogens (tertiary/aromatic N) is 2. The monoisotopic (exact) mass is 558 g/mol. The smallest absolute Gasteiger partial charge is 0.410 e. The number of carbonyl (C=O) groups excluding carboxylic acids is 4. The van der Waals surface area contributed by atoms with E-state index in [1.54, 1.807) is 17.0 Å². The minimum absolute atomic E-state index is 0.101. The third kappa shape index (κ3) is 4.32. The summed E-state index contributed by atoms with van der Waals surface area (Å²) >= 11 is 0. The largest absolute Gasteiger partial charge is 0.448 e. The van der Waals surface area contributed by atoms with Gasteiger partial charge < -0.3 is 9.57 Å². The highest BCUT2D eigenvalue weighted by molar-refractivity contribution is 6.20. The second kappa shape index (κ2) is 10.3. The number of benzene rings is 4. The number of imide groups is 1. The number of hydrogen-bond acceptors (Lipinski definition) is 6. The van der Waals surface area contributed by atoms with Gasteiger partial charge in [0.15, 0.2) is 0 Å². The van der Waals surface area contributed by atoms with Gasteiger partial charge >= 0.3 is 12.1 Å². The van der Waals surface area contributed by atoms with Gasteiger partial charge in [0.25, 0.3) is 11.8 Å². The van der Waals surface area contributed by atoms with Gasteiger partial charge in [-0.05, 0) is 51.9 Å². The Labute approximate surface area is 242 Å². The van der Waals surface area contributed by atoms with Crippen molar-refractivity contribution in [3.63, 3.8) is 0 Å². The Balaban J connectivity index is 1.08. The molecule has 0 N–H and O–H groups in total. The van der Waals surface area contributed by atoms with Crippen LogP contribution in [0.5, 0.6) is 0 Å². The van der Waals surface area contributed by atoms with E-state index in [0.29, 0.717) is 11.5 Å². The first-order valence-corrected chi connectivity index (χ1v) is 13.9. The maximum atomic E-state index is 13.6. The highest BCUT2D eigenvalue weighted by atomic mass is 16.7. The number of ether oxygens (including phenoxy) is 1. The Morgan fingerprint density at radius 1 is 0.690 bits per heavy atom. The van der Waals surface area contributed by atoms with Crippen LogP contribution in [0.4, 0.5) is 4.79 Å². The van der Waals surface area contributed by atoms with Gasteiger partial charge in [0, 0.05) is 12.5 Å². The molecule has 1 aliphatic carbocycles. The van der Waals surface area contributed by atoms with Crippen molar-refractivity contribution in [1.82, 2.24) is 9.96 Å². The van der Waals surface area contributed by atoms with Gasteiger partial charge in [-0.15, -0.1) is 0 Å². The van der Waals surface area contributed by atoms with Gasteiger partial charge in [0.05, 0.1) is 23.6 Å². The molecule has 4 aromatic carbocycles. The second-order valence-electron chi connectivity index (χ2n) is 10.7. The molecule has 7 rings (SSSR count). The average Bonchev–Trinajstić information content (AvgIpc) is 3.46. The molecule has 4 aromatic rings. The van der Waals surface area contributed by atoms with Crippen molar-refractivity contribution in [3.8, 4) is 11.1 Å². The van der Waals surface area contributed by atoms with Crippen molar-refractivity contribution in [2.24, 2.45) is 0 Å². The quantitative estimate of drug-likeness (QED) is 0.300. The summed E-state index contributed by atoms with van der Waals surface area (Å²) in [5, 5.41) is 0.501. The first-order valence-electron chi connectivity index (χ1n) is 13.9. The minimum atomic E-state index is -0.787. The van der Waals surface area contributed by atoms with E-state index >= 15 is 0 Å². The zero-order valence-corrected chi connectivity index (χ0v) is 22.6. The van der Waals surface area contributed by atoms with E-state index in [2.05, 4.69) is 24.3 Å². The third-order valence-electron chi connectivity index (χ3n) is 8.28. The van der Waals surface area contributed by atoms with Gasteiger partial charge in [-0.3, -0.25) is 14.5 Å². The molecule has 0 saturated carbocycles. The number of amides is 3. The van der Waals surface area contributed by atoms with Crippen LogP contribution >= 0.6 is 0 Å². The predicted octanol–water partition coefficient (Wildman–Crippen LogP) is 5.51. The summed E-state index contributed by atoms with van der Waals surface area (Å²) in [5.74, 6) is -2.27. The summed E-state index contributed by atoms with van der Waals surface area (Å²) in [6.07, 6.45) is -0.353. The van der Waals surface area contributed by atoms with Crippen LogP contribution in [-0.4, -0.2) is 46.5 Å². The summed E-state index contributed by atoms with van der Waals surface area (Å²) < 4.78 is 5.93. The molecule has 0 saturated heterocycles. The summed E-state index contributed by atoms with van der Waals surface area (Å²) in [6, 6.07) is 29.7. The molecule has 0 aromatic heterocycles. The van der Waals surface area contributed by atoms with Crippen LogP contribution in [0, 0.1) is 0 Å². The molecule has 2 heterocycles. The first-order chi connectivity index (χ1) is 20.5. The van der Waals surface area contributed by atoms with Crippen molar-refractivity contribution in [1.29, 1.82) is 0 Å². The standard InChI is InChI=1S/C34H26N2O6/c37-31(42-36-32(38)28-15-7-8-16-29(28)33(36)39)18-23-17-21-9-1-2-10-22(21)19-35(23)34(40)41-20-30-26-13-5-3-11-24(26)25-12-4-6-14-27(25)30/h1-16,23,30H,17-20H2/t23-/m0/s1. The summed E-state index contributed by atoms with van der Waals surface area (Å²) in [4.78, 5) is 58.9. The summed E-state index contributed by atoms with van der Waals surface area (Å²) in [5.41, 5.74) is 6.83. The van der Waals surface area contributed by atoms with Crippen LogP contribution in [0.2, 0.25) is 0 Å². The van der Waals surface area contributed by atoms with E-state index < -0.39 is 29.9 Å². The lowest BCUT2D eigenvalue weighted by molar-refractivity contribution is -0.169. The van der Waals surface area contributed by atoms with E-state index in [1.807, 2.05) is 48.5 Å². The summed E-state index contributed by atoms with van der Waals surface area (Å²) in [7, 11) is 0. The maximum absolute atomic E-state index is 13.6. The van der Waals surface area contributed by atoms with E-state index in [1.165, 1.54) is 12.1 Å². The highest BCUT2D eigenvalue weighted by Crippen LogP contribution is 2.44. The van der Waals surface area contributed by atoms with Crippen LogP contribution in [0.3, 0.4) is 0 Å². The van der Waals surface area contributed by atoms with Crippen molar-refractivity contribution < 1.29 is 28.8 Å². The molecule has 3 aliphatic rings. The van der Waals surface area contributed by atoms with E-state index in [-0.39, 0.29) is 36.6 Å². The Bertz CT molecular complexity index is 1680. The Morgan fingerprint density at radius 3 is 1.83 bits per heavy atom. The zero-order valence-electron chi connectivity index (χ0n) is 22.6. The van der Waals surface area contributed by atoms with Gasteiger partial charge in [-0.1, -0.05) is 90.0 Å². The summed E-state index contributed by atoms with van der Waals surface area (Å²) in [6.45, 7) is 0.412. The molecule has 3 amide bonds. The molecule has 2 aliphatic heterocycles. The molecule has 8 heteroatoms. The minimum Gasteiger partial charge on any atom is -0.448 e. The highest BCUT2D eigenvalue weighted by Gasteiger charge is 2.40. The molecular formula is C34H26N2O6. The molecule has 0 radical (unpaired) electrons. The Kier molecular flexibility index (Phi) is 6.31. The lowest BCUT2D eigenvalue weighted by Crippen LogP contribution is -2.46. The Hall–Kier alpha value is -5.24. The van der Waals surface area contributed by atoms with Crippen LogP contribution in [0.25, 0.3) is 11.1 Å². The SMILES string of the molecule is O=C(C[C@@H]1Cc2ccccc2CN1C(=O)OCC1c2ccccc2-c2ccccc21)ON1C(=O)c2ccccc2C1=O. The molecule has 8 nitrogen and oxygen atoms in total. The van der Waals surface area contributed by atoms with Gasteiger partial charge in [-0.2, -0.15) is 0 Å². The number of rotatable bonds is 5. The number of hydrogen-bond donors (Lipinski definition) is 0. The fourth-order valence-corrected chi connectivity index (χ4v) is 6.24. The van der Waals surface area contributed by atoms with Gasteiger partial charge in [0.1, 0.15) is 6.61 Å². The van der Waals surface area contributed by atoms with Crippen molar-refractivity contribution in [2.45, 2.75) is 31.3 Å². The van der Waals surface area contributed by atoms with E-state index in [4.69, 9.17) is 9.57 Å². The first kappa shape index (κ1) is 25.7. The number of carbonyl (C=O) groups is 4.